The maximum Gasteiger partial charge on any atom is 0.320 e. The first-order valence-electron chi connectivity index (χ1n) is 8.51. The molecule has 0 aromatic carbocycles. The van der Waals surface area contributed by atoms with Gasteiger partial charge in [0.05, 0.1) is 31.0 Å². The molecule has 1 aromatic heterocycles. The molecule has 0 saturated carbocycles. The maximum atomic E-state index is 12.6. The van der Waals surface area contributed by atoms with E-state index in [0.29, 0.717) is 38.1 Å². The monoisotopic (exact) mass is 413 g/mol. The molecular formula is C16H24BrN5O3. The van der Waals surface area contributed by atoms with E-state index < -0.39 is 0 Å². The van der Waals surface area contributed by atoms with Crippen molar-refractivity contribution in [3.63, 3.8) is 0 Å². The number of carbonyl (C=O) groups excluding carboxylic acids is 1. The van der Waals surface area contributed by atoms with E-state index in [9.17, 15) is 4.79 Å². The minimum atomic E-state index is 0.100. The van der Waals surface area contributed by atoms with Crippen LogP contribution >= 0.6 is 15.9 Å². The van der Waals surface area contributed by atoms with Crippen molar-refractivity contribution in [2.75, 3.05) is 58.5 Å². The molecule has 0 spiro atoms. The number of halogens is 1. The summed E-state index contributed by atoms with van der Waals surface area (Å²) in [6, 6.07) is 0.340. The summed E-state index contributed by atoms with van der Waals surface area (Å²) >= 11 is 3.37. The third kappa shape index (κ3) is 4.14. The molecule has 0 aliphatic carbocycles. The molecule has 138 valence electrons. The van der Waals surface area contributed by atoms with E-state index in [0.717, 1.165) is 30.4 Å². The SMILES string of the molecule is COc1nc(N2CCC(N(C)C(=O)N3CCOCC3)CC2)ncc1Br. The van der Waals surface area contributed by atoms with Crippen LogP contribution in [0.5, 0.6) is 5.88 Å². The topological polar surface area (TPSA) is 71.0 Å². The fourth-order valence-electron chi connectivity index (χ4n) is 3.23. The lowest BCUT2D eigenvalue weighted by Crippen LogP contribution is -2.52. The highest BCUT2D eigenvalue weighted by Crippen LogP contribution is 2.26. The number of anilines is 1. The van der Waals surface area contributed by atoms with Crippen molar-refractivity contribution in [2.24, 2.45) is 0 Å². The first-order chi connectivity index (χ1) is 12.1. The molecule has 9 heteroatoms. The van der Waals surface area contributed by atoms with Gasteiger partial charge in [0.15, 0.2) is 0 Å². The highest BCUT2D eigenvalue weighted by Gasteiger charge is 2.29. The first kappa shape index (κ1) is 18.2. The molecule has 0 radical (unpaired) electrons. The highest BCUT2D eigenvalue weighted by molar-refractivity contribution is 9.10. The lowest BCUT2D eigenvalue weighted by Gasteiger charge is -2.39. The van der Waals surface area contributed by atoms with Crippen LogP contribution < -0.4 is 9.64 Å². The van der Waals surface area contributed by atoms with Crippen LogP contribution in [-0.2, 0) is 4.74 Å². The maximum absolute atomic E-state index is 12.6. The summed E-state index contributed by atoms with van der Waals surface area (Å²) in [5, 5.41) is 0. The normalized spacial score (nSPS) is 19.0. The van der Waals surface area contributed by atoms with Crippen molar-refractivity contribution >= 4 is 27.9 Å². The van der Waals surface area contributed by atoms with Crippen LogP contribution in [0.4, 0.5) is 10.7 Å². The van der Waals surface area contributed by atoms with Gasteiger partial charge in [-0.15, -0.1) is 0 Å². The molecule has 3 rings (SSSR count). The van der Waals surface area contributed by atoms with Gasteiger partial charge in [-0.2, -0.15) is 4.98 Å². The molecule has 0 N–H and O–H groups in total. The standard InChI is InChI=1S/C16H24BrN5O3/c1-20(16(23)22-7-9-25-10-8-22)12-3-5-21(6-4-12)15-18-11-13(17)14(19-15)24-2/h11-12H,3-10H2,1-2H3. The van der Waals surface area contributed by atoms with Gasteiger partial charge in [-0.25, -0.2) is 9.78 Å². The van der Waals surface area contributed by atoms with Crippen molar-refractivity contribution in [2.45, 2.75) is 18.9 Å². The predicted octanol–water partition coefficient (Wildman–Crippen LogP) is 1.60. The van der Waals surface area contributed by atoms with Gasteiger partial charge < -0.3 is 24.2 Å². The molecule has 2 fully saturated rings. The lowest BCUT2D eigenvalue weighted by atomic mass is 10.0. The van der Waals surface area contributed by atoms with Gasteiger partial charge in [0, 0.05) is 39.3 Å². The third-order valence-electron chi connectivity index (χ3n) is 4.77. The molecule has 25 heavy (non-hydrogen) atoms. The summed E-state index contributed by atoms with van der Waals surface area (Å²) in [7, 11) is 3.49. The number of methoxy groups -OCH3 is 1. The van der Waals surface area contributed by atoms with E-state index in [1.165, 1.54) is 0 Å². The van der Waals surface area contributed by atoms with Gasteiger partial charge in [-0.3, -0.25) is 0 Å². The summed E-state index contributed by atoms with van der Waals surface area (Å²) in [6.45, 7) is 4.23. The Kier molecular flexibility index (Phi) is 5.95. The summed E-state index contributed by atoms with van der Waals surface area (Å²) in [5.41, 5.74) is 0. The van der Waals surface area contributed by atoms with Crippen LogP contribution in [0.1, 0.15) is 12.8 Å². The zero-order valence-corrected chi connectivity index (χ0v) is 16.2. The van der Waals surface area contributed by atoms with Gasteiger partial charge in [0.2, 0.25) is 11.8 Å². The Balaban J connectivity index is 1.56. The van der Waals surface area contributed by atoms with Crippen LogP contribution in [0.2, 0.25) is 0 Å². The molecule has 0 unspecified atom stereocenters. The smallest absolute Gasteiger partial charge is 0.320 e. The highest BCUT2D eigenvalue weighted by atomic mass is 79.9. The number of piperidine rings is 1. The number of hydrogen-bond acceptors (Lipinski definition) is 6. The van der Waals surface area contributed by atoms with Crippen molar-refractivity contribution in [1.82, 2.24) is 19.8 Å². The van der Waals surface area contributed by atoms with E-state index in [1.54, 1.807) is 13.3 Å². The van der Waals surface area contributed by atoms with E-state index in [2.05, 4.69) is 30.8 Å². The Morgan fingerprint density at radius 3 is 2.64 bits per heavy atom. The summed E-state index contributed by atoms with van der Waals surface area (Å²) in [6.07, 6.45) is 3.50. The lowest BCUT2D eigenvalue weighted by molar-refractivity contribution is 0.0409. The number of aromatic nitrogens is 2. The number of rotatable bonds is 3. The van der Waals surface area contributed by atoms with E-state index in [-0.39, 0.29) is 12.1 Å². The third-order valence-corrected chi connectivity index (χ3v) is 5.31. The second-order valence-electron chi connectivity index (χ2n) is 6.24. The largest absolute Gasteiger partial charge is 0.480 e. The molecule has 0 atom stereocenters. The van der Waals surface area contributed by atoms with Gasteiger partial charge >= 0.3 is 6.03 Å². The van der Waals surface area contributed by atoms with Crippen LogP contribution in [0.3, 0.4) is 0 Å². The molecule has 2 saturated heterocycles. The minimum Gasteiger partial charge on any atom is -0.480 e. The van der Waals surface area contributed by atoms with E-state index >= 15 is 0 Å². The summed E-state index contributed by atoms with van der Waals surface area (Å²) in [4.78, 5) is 27.3. The quantitative estimate of drug-likeness (QED) is 0.749. The summed E-state index contributed by atoms with van der Waals surface area (Å²) in [5.74, 6) is 1.20. The average molecular weight is 414 g/mol. The Morgan fingerprint density at radius 2 is 2.00 bits per heavy atom. The molecule has 8 nitrogen and oxygen atoms in total. The van der Waals surface area contributed by atoms with Crippen LogP contribution in [-0.4, -0.2) is 85.4 Å². The first-order valence-corrected chi connectivity index (χ1v) is 9.30. The Hall–Kier alpha value is -1.61. The number of carbonyl (C=O) groups is 1. The zero-order valence-electron chi connectivity index (χ0n) is 14.7. The van der Waals surface area contributed by atoms with Gasteiger partial charge in [0.25, 0.3) is 0 Å². The average Bonchev–Trinajstić information content (AvgIpc) is 2.68. The molecule has 2 amide bonds. The molecule has 2 aliphatic heterocycles. The van der Waals surface area contributed by atoms with Crippen LogP contribution in [0, 0.1) is 0 Å². The fraction of sp³-hybridized carbons (Fsp3) is 0.688. The van der Waals surface area contributed by atoms with E-state index in [4.69, 9.17) is 9.47 Å². The number of nitrogens with zero attached hydrogens (tertiary/aromatic N) is 5. The summed E-state index contributed by atoms with van der Waals surface area (Å²) < 4.78 is 11.3. The van der Waals surface area contributed by atoms with Crippen molar-refractivity contribution in [1.29, 1.82) is 0 Å². The zero-order chi connectivity index (χ0) is 17.8. The molecule has 2 aliphatic rings. The van der Waals surface area contributed by atoms with Gasteiger partial charge in [-0.1, -0.05) is 0 Å². The van der Waals surface area contributed by atoms with Crippen molar-refractivity contribution in [3.05, 3.63) is 10.7 Å². The second kappa shape index (κ2) is 8.18. The fourth-order valence-corrected chi connectivity index (χ4v) is 3.58. The Morgan fingerprint density at radius 1 is 1.32 bits per heavy atom. The molecular weight excluding hydrogens is 390 g/mol. The number of urea groups is 1. The van der Waals surface area contributed by atoms with Crippen LogP contribution in [0.25, 0.3) is 0 Å². The van der Waals surface area contributed by atoms with E-state index in [1.807, 2.05) is 16.8 Å². The molecule has 1 aromatic rings. The number of morpholine rings is 1. The van der Waals surface area contributed by atoms with Gasteiger partial charge in [-0.05, 0) is 28.8 Å². The van der Waals surface area contributed by atoms with Crippen molar-refractivity contribution < 1.29 is 14.3 Å². The Bertz CT molecular complexity index is 603. The van der Waals surface area contributed by atoms with Crippen LogP contribution in [0.15, 0.2) is 10.7 Å². The number of ether oxygens (including phenoxy) is 2. The molecule has 3 heterocycles. The number of amides is 2. The molecule has 0 bridgehead atoms. The number of hydrogen-bond donors (Lipinski definition) is 0. The minimum absolute atomic E-state index is 0.100. The van der Waals surface area contributed by atoms with Crippen molar-refractivity contribution in [3.8, 4) is 5.88 Å². The second-order valence-corrected chi connectivity index (χ2v) is 7.09. The Labute approximate surface area is 156 Å². The predicted molar refractivity (Wildman–Crippen MR) is 97.1 cm³/mol. The van der Waals surface area contributed by atoms with Gasteiger partial charge in [0.1, 0.15) is 0 Å².